The molecule has 0 spiro atoms. The first kappa shape index (κ1) is 22.9. The lowest BCUT2D eigenvalue weighted by Gasteiger charge is -2.24. The molecule has 1 aliphatic heterocycles. The fourth-order valence-corrected chi connectivity index (χ4v) is 3.62. The highest BCUT2D eigenvalue weighted by Crippen LogP contribution is 2.20. The summed E-state index contributed by atoms with van der Waals surface area (Å²) in [6.07, 6.45) is 13.2. The summed E-state index contributed by atoms with van der Waals surface area (Å²) < 4.78 is 0. The van der Waals surface area contributed by atoms with E-state index in [0.717, 1.165) is 45.2 Å². The van der Waals surface area contributed by atoms with Crippen LogP contribution in [-0.4, -0.2) is 61.4 Å². The first-order valence-corrected chi connectivity index (χ1v) is 10.8. The predicted octanol–water partition coefficient (Wildman–Crippen LogP) is 3.58. The van der Waals surface area contributed by atoms with Crippen LogP contribution in [0.1, 0.15) is 84.0 Å². The molecule has 1 saturated heterocycles. The Bertz CT molecular complexity index is 399. The van der Waals surface area contributed by atoms with Gasteiger partial charge in [-0.2, -0.15) is 0 Å². The lowest BCUT2D eigenvalue weighted by molar-refractivity contribution is -0.138. The summed E-state index contributed by atoms with van der Waals surface area (Å²) in [5.74, 6) is 0.201. The van der Waals surface area contributed by atoms with Crippen molar-refractivity contribution in [1.82, 2.24) is 15.1 Å². The smallest absolute Gasteiger partial charge is 0.242 e. The third-order valence-corrected chi connectivity index (χ3v) is 5.20. The minimum absolute atomic E-state index is 0.0329. The summed E-state index contributed by atoms with van der Waals surface area (Å²) in [7, 11) is 4.06. The van der Waals surface area contributed by atoms with Gasteiger partial charge in [0.25, 0.3) is 0 Å². The minimum Gasteiger partial charge on any atom is -0.354 e. The number of hydrogen-bond donors (Lipinski definition) is 1. The van der Waals surface area contributed by atoms with Crippen LogP contribution in [0.25, 0.3) is 0 Å². The van der Waals surface area contributed by atoms with Crippen LogP contribution in [0, 0.1) is 0 Å². The first-order chi connectivity index (χ1) is 12.6. The number of nitrogens with zero attached hydrogens (tertiary/aromatic N) is 2. The first-order valence-electron chi connectivity index (χ1n) is 10.8. The zero-order chi connectivity index (χ0) is 19.2. The lowest BCUT2D eigenvalue weighted by atomic mass is 10.1. The molecule has 1 aliphatic rings. The van der Waals surface area contributed by atoms with Gasteiger partial charge in [-0.3, -0.25) is 9.59 Å². The van der Waals surface area contributed by atoms with E-state index in [0.29, 0.717) is 13.0 Å². The Labute approximate surface area is 160 Å². The average Bonchev–Trinajstić information content (AvgIpc) is 3.10. The second-order valence-corrected chi connectivity index (χ2v) is 7.92. The van der Waals surface area contributed by atoms with E-state index in [2.05, 4.69) is 17.1 Å². The van der Waals surface area contributed by atoms with E-state index in [1.807, 2.05) is 19.0 Å². The van der Waals surface area contributed by atoms with Gasteiger partial charge in [0.2, 0.25) is 11.8 Å². The lowest BCUT2D eigenvalue weighted by Crippen LogP contribution is -2.46. The number of carbonyl (C=O) groups is 2. The van der Waals surface area contributed by atoms with Crippen molar-refractivity contribution in [3.63, 3.8) is 0 Å². The van der Waals surface area contributed by atoms with E-state index in [1.54, 1.807) is 0 Å². The van der Waals surface area contributed by atoms with E-state index in [4.69, 9.17) is 0 Å². The number of likely N-dealkylation sites (tertiary alicyclic amines) is 1. The second-order valence-electron chi connectivity index (χ2n) is 7.92. The zero-order valence-electron chi connectivity index (χ0n) is 17.4. The van der Waals surface area contributed by atoms with Gasteiger partial charge in [0.1, 0.15) is 6.04 Å². The Hall–Kier alpha value is -1.10. The maximum Gasteiger partial charge on any atom is 0.242 e. The molecular formula is C21H41N3O2. The summed E-state index contributed by atoms with van der Waals surface area (Å²) in [4.78, 5) is 28.8. The Kier molecular flexibility index (Phi) is 12.4. The Morgan fingerprint density at radius 1 is 1.00 bits per heavy atom. The van der Waals surface area contributed by atoms with Crippen LogP contribution in [0.2, 0.25) is 0 Å². The Balaban J connectivity index is 2.18. The third-order valence-electron chi connectivity index (χ3n) is 5.20. The molecule has 0 aromatic heterocycles. The highest BCUT2D eigenvalue weighted by molar-refractivity contribution is 5.88. The number of unbranched alkanes of at least 4 members (excludes halogenated alkanes) is 7. The molecule has 0 saturated carbocycles. The SMILES string of the molecule is CCCCCCCCCCC(=O)N1CCC[C@@H]1C(=O)NCCCN(C)C. The maximum absolute atomic E-state index is 12.5. The summed E-state index contributed by atoms with van der Waals surface area (Å²) >= 11 is 0. The van der Waals surface area contributed by atoms with E-state index in [1.165, 1.54) is 38.5 Å². The van der Waals surface area contributed by atoms with Gasteiger partial charge in [0, 0.05) is 19.5 Å². The van der Waals surface area contributed by atoms with E-state index in [9.17, 15) is 9.59 Å². The van der Waals surface area contributed by atoms with Gasteiger partial charge >= 0.3 is 0 Å². The van der Waals surface area contributed by atoms with Crippen LogP contribution in [0.5, 0.6) is 0 Å². The second kappa shape index (κ2) is 14.0. The van der Waals surface area contributed by atoms with Crippen LogP contribution in [0.15, 0.2) is 0 Å². The number of amides is 2. The van der Waals surface area contributed by atoms with Crippen LogP contribution in [0.3, 0.4) is 0 Å². The van der Waals surface area contributed by atoms with Crippen LogP contribution < -0.4 is 5.32 Å². The highest BCUT2D eigenvalue weighted by atomic mass is 16.2. The zero-order valence-corrected chi connectivity index (χ0v) is 17.4. The highest BCUT2D eigenvalue weighted by Gasteiger charge is 2.33. The van der Waals surface area contributed by atoms with Gasteiger partial charge in [-0.1, -0.05) is 51.9 Å². The summed E-state index contributed by atoms with van der Waals surface area (Å²) in [6, 6.07) is -0.240. The van der Waals surface area contributed by atoms with E-state index < -0.39 is 0 Å². The van der Waals surface area contributed by atoms with Crippen LogP contribution in [-0.2, 0) is 9.59 Å². The minimum atomic E-state index is -0.240. The Morgan fingerprint density at radius 2 is 1.65 bits per heavy atom. The number of nitrogens with one attached hydrogen (secondary N) is 1. The molecule has 1 heterocycles. The molecule has 5 nitrogen and oxygen atoms in total. The molecule has 2 amide bonds. The van der Waals surface area contributed by atoms with Crippen molar-refractivity contribution in [1.29, 1.82) is 0 Å². The van der Waals surface area contributed by atoms with Crippen molar-refractivity contribution in [2.75, 3.05) is 33.7 Å². The van der Waals surface area contributed by atoms with Gasteiger partial charge in [0.15, 0.2) is 0 Å². The molecule has 0 unspecified atom stereocenters. The van der Waals surface area contributed by atoms with Gasteiger partial charge in [-0.25, -0.2) is 0 Å². The van der Waals surface area contributed by atoms with Gasteiger partial charge < -0.3 is 15.1 Å². The molecule has 0 aromatic rings. The Morgan fingerprint density at radius 3 is 2.31 bits per heavy atom. The van der Waals surface area contributed by atoms with Crippen molar-refractivity contribution in [2.45, 2.75) is 90.0 Å². The molecule has 26 heavy (non-hydrogen) atoms. The van der Waals surface area contributed by atoms with E-state index >= 15 is 0 Å². The molecule has 0 aliphatic carbocycles. The van der Waals surface area contributed by atoms with Crippen molar-refractivity contribution in [3.05, 3.63) is 0 Å². The van der Waals surface area contributed by atoms with Gasteiger partial charge in [-0.05, 0) is 46.3 Å². The molecule has 0 aromatic carbocycles. The van der Waals surface area contributed by atoms with Crippen molar-refractivity contribution < 1.29 is 9.59 Å². The average molecular weight is 368 g/mol. The predicted molar refractivity (Wildman–Crippen MR) is 108 cm³/mol. The van der Waals surface area contributed by atoms with Crippen molar-refractivity contribution in [3.8, 4) is 0 Å². The molecule has 0 bridgehead atoms. The molecule has 0 radical (unpaired) electrons. The summed E-state index contributed by atoms with van der Waals surface area (Å²) in [5.41, 5.74) is 0. The molecule has 1 rings (SSSR count). The maximum atomic E-state index is 12.5. The molecular weight excluding hydrogens is 326 g/mol. The van der Waals surface area contributed by atoms with Crippen LogP contribution in [0.4, 0.5) is 0 Å². The number of hydrogen-bond acceptors (Lipinski definition) is 3. The fraction of sp³-hybridized carbons (Fsp3) is 0.905. The molecule has 152 valence electrons. The third kappa shape index (κ3) is 9.56. The van der Waals surface area contributed by atoms with Gasteiger partial charge in [-0.15, -0.1) is 0 Å². The standard InChI is InChI=1S/C21H41N3O2/c1-4-5-6-7-8-9-10-11-15-20(25)24-18-12-14-19(24)21(26)22-16-13-17-23(2)3/h19H,4-18H2,1-3H3,(H,22,26)/t19-/m1/s1. The number of carbonyl (C=O) groups excluding carboxylic acids is 2. The fourth-order valence-electron chi connectivity index (χ4n) is 3.62. The number of rotatable bonds is 14. The molecule has 1 N–H and O–H groups in total. The summed E-state index contributed by atoms with van der Waals surface area (Å²) in [6.45, 7) is 4.63. The molecule has 1 atom stereocenters. The molecule has 1 fully saturated rings. The van der Waals surface area contributed by atoms with Crippen molar-refractivity contribution >= 4 is 11.8 Å². The van der Waals surface area contributed by atoms with E-state index in [-0.39, 0.29) is 17.9 Å². The van der Waals surface area contributed by atoms with Crippen LogP contribution >= 0.6 is 0 Å². The van der Waals surface area contributed by atoms with Crippen molar-refractivity contribution in [2.24, 2.45) is 0 Å². The quantitative estimate of drug-likeness (QED) is 0.478. The largest absolute Gasteiger partial charge is 0.354 e. The monoisotopic (exact) mass is 367 g/mol. The normalized spacial score (nSPS) is 17.1. The topological polar surface area (TPSA) is 52.7 Å². The summed E-state index contributed by atoms with van der Waals surface area (Å²) in [5, 5.41) is 3.01. The van der Waals surface area contributed by atoms with Gasteiger partial charge in [0.05, 0.1) is 0 Å². The molecule has 5 heteroatoms.